The Balaban J connectivity index is 1.56. The first kappa shape index (κ1) is 21.7. The van der Waals surface area contributed by atoms with Crippen molar-refractivity contribution in [3.8, 4) is 0 Å². The van der Waals surface area contributed by atoms with E-state index in [0.29, 0.717) is 24.9 Å². The van der Waals surface area contributed by atoms with E-state index >= 15 is 0 Å². The van der Waals surface area contributed by atoms with Gasteiger partial charge in [-0.1, -0.05) is 11.6 Å². The minimum absolute atomic E-state index is 0.0227. The van der Waals surface area contributed by atoms with Crippen LogP contribution in [0.25, 0.3) is 0 Å². The molecular weight excluding hydrogens is 454 g/mol. The first-order valence-electron chi connectivity index (χ1n) is 9.79. The number of benzene rings is 1. The molecule has 2 aliphatic rings. The molecule has 1 N–H and O–H groups in total. The van der Waals surface area contributed by atoms with Crippen molar-refractivity contribution < 1.29 is 17.2 Å². The quantitative estimate of drug-likeness (QED) is 0.660. The number of nitrogens with one attached hydrogen (secondary N) is 1. The average molecular weight is 477 g/mol. The smallest absolute Gasteiger partial charge is 0.269 e. The molecule has 1 aromatic carbocycles. The number of hydrogen-bond donors (Lipinski definition) is 1. The van der Waals surface area contributed by atoms with E-state index in [1.807, 2.05) is 4.90 Å². The number of sulfonamides is 1. The van der Waals surface area contributed by atoms with Crippen molar-refractivity contribution in [2.45, 2.75) is 24.2 Å². The summed E-state index contributed by atoms with van der Waals surface area (Å²) in [6.07, 6.45) is 4.55. The Morgan fingerprint density at radius 3 is 2.57 bits per heavy atom. The molecule has 2 aromatic rings. The van der Waals surface area contributed by atoms with E-state index in [1.165, 1.54) is 6.20 Å². The van der Waals surface area contributed by atoms with Gasteiger partial charge in [-0.2, -0.15) is 0 Å². The number of hydrogen-bond acceptors (Lipinski definition) is 6. The van der Waals surface area contributed by atoms with Gasteiger partial charge in [-0.25, -0.2) is 22.2 Å². The highest BCUT2D eigenvalue weighted by molar-refractivity contribution is 7.93. The van der Waals surface area contributed by atoms with Gasteiger partial charge in [0.1, 0.15) is 10.8 Å². The molecule has 2 aliphatic heterocycles. The molecule has 3 heterocycles. The van der Waals surface area contributed by atoms with Crippen LogP contribution in [0.4, 0.5) is 19.6 Å². The van der Waals surface area contributed by atoms with Crippen LogP contribution in [0.3, 0.4) is 0 Å². The molecule has 0 amide bonds. The summed E-state index contributed by atoms with van der Waals surface area (Å²) < 4.78 is 56.9. The molecule has 11 heteroatoms. The molecule has 0 saturated carbocycles. The standard InChI is InChI=1S/C19H23ClF2N4O2S2/c1-25-6-2-12(3-7-25)13-4-8-26(11-13)15-10-14(21)18(17(22)16(15)20)30(27,28)24-19-23-5-9-29-19/h5,9-10,12-13H,2-4,6-8,11H2,1H3,(H,23,24)/t13-/m1/s1. The van der Waals surface area contributed by atoms with Gasteiger partial charge in [-0.3, -0.25) is 4.72 Å². The van der Waals surface area contributed by atoms with Crippen LogP contribution in [0.5, 0.6) is 0 Å². The number of nitrogens with zero attached hydrogens (tertiary/aromatic N) is 3. The largest absolute Gasteiger partial charge is 0.370 e. The number of thiazole rings is 1. The van der Waals surface area contributed by atoms with Gasteiger partial charge in [-0.15, -0.1) is 11.3 Å². The summed E-state index contributed by atoms with van der Waals surface area (Å²) in [5.41, 5.74) is 0.204. The van der Waals surface area contributed by atoms with Crippen molar-refractivity contribution in [1.82, 2.24) is 9.88 Å². The number of likely N-dealkylation sites (tertiary alicyclic amines) is 1. The molecule has 0 spiro atoms. The topological polar surface area (TPSA) is 65.5 Å². The fourth-order valence-corrected chi connectivity index (χ4v) is 6.63. The van der Waals surface area contributed by atoms with Gasteiger partial charge in [0, 0.05) is 30.7 Å². The van der Waals surface area contributed by atoms with E-state index in [9.17, 15) is 17.2 Å². The van der Waals surface area contributed by atoms with Crippen LogP contribution in [0.15, 0.2) is 22.5 Å². The summed E-state index contributed by atoms with van der Waals surface area (Å²) in [5, 5.41) is 1.20. The van der Waals surface area contributed by atoms with Gasteiger partial charge in [0.15, 0.2) is 15.8 Å². The number of rotatable bonds is 5. The molecule has 0 aliphatic carbocycles. The number of anilines is 2. The Bertz CT molecular complexity index is 1010. The lowest BCUT2D eigenvalue weighted by Crippen LogP contribution is -2.34. The summed E-state index contributed by atoms with van der Waals surface area (Å²) in [6, 6.07) is 1.03. The van der Waals surface area contributed by atoms with E-state index < -0.39 is 26.6 Å². The Morgan fingerprint density at radius 2 is 1.90 bits per heavy atom. The molecule has 0 unspecified atom stereocenters. The second kappa shape index (κ2) is 8.57. The third-order valence-corrected chi connectivity index (χ3v) is 8.57. The molecule has 2 saturated heterocycles. The van der Waals surface area contributed by atoms with Gasteiger partial charge < -0.3 is 9.80 Å². The maximum Gasteiger partial charge on any atom is 0.269 e. The Labute approximate surface area is 183 Å². The van der Waals surface area contributed by atoms with Crippen LogP contribution in [0.2, 0.25) is 5.02 Å². The first-order chi connectivity index (χ1) is 14.3. The van der Waals surface area contributed by atoms with Crippen LogP contribution in [-0.2, 0) is 10.0 Å². The summed E-state index contributed by atoms with van der Waals surface area (Å²) >= 11 is 7.20. The predicted molar refractivity (Wildman–Crippen MR) is 115 cm³/mol. The zero-order valence-corrected chi connectivity index (χ0v) is 18.8. The molecule has 164 valence electrons. The summed E-state index contributed by atoms with van der Waals surface area (Å²) in [6.45, 7) is 3.42. The number of piperidine rings is 1. The molecule has 1 aromatic heterocycles. The van der Waals surface area contributed by atoms with Crippen molar-refractivity contribution in [3.05, 3.63) is 34.3 Å². The van der Waals surface area contributed by atoms with E-state index in [1.54, 1.807) is 5.38 Å². The highest BCUT2D eigenvalue weighted by atomic mass is 35.5. The van der Waals surface area contributed by atoms with E-state index in [4.69, 9.17) is 11.6 Å². The lowest BCUT2D eigenvalue weighted by atomic mass is 9.84. The highest BCUT2D eigenvalue weighted by Gasteiger charge is 2.35. The molecule has 0 bridgehead atoms. The van der Waals surface area contributed by atoms with Gasteiger partial charge in [-0.05, 0) is 51.2 Å². The zero-order valence-electron chi connectivity index (χ0n) is 16.4. The van der Waals surface area contributed by atoms with Crippen LogP contribution < -0.4 is 9.62 Å². The summed E-state index contributed by atoms with van der Waals surface area (Å²) in [5.74, 6) is -1.42. The summed E-state index contributed by atoms with van der Waals surface area (Å²) in [7, 11) is -2.39. The zero-order chi connectivity index (χ0) is 21.5. The van der Waals surface area contributed by atoms with Crippen LogP contribution >= 0.6 is 22.9 Å². The van der Waals surface area contributed by atoms with Crippen molar-refractivity contribution in [1.29, 1.82) is 0 Å². The van der Waals surface area contributed by atoms with Crippen LogP contribution in [0.1, 0.15) is 19.3 Å². The highest BCUT2D eigenvalue weighted by Crippen LogP contribution is 2.39. The molecule has 1 atom stereocenters. The van der Waals surface area contributed by atoms with E-state index in [0.717, 1.165) is 49.8 Å². The molecular formula is C19H23ClF2N4O2S2. The van der Waals surface area contributed by atoms with Gasteiger partial charge in [0.25, 0.3) is 10.0 Å². The Hall–Kier alpha value is -1.49. The number of aromatic nitrogens is 1. The van der Waals surface area contributed by atoms with Gasteiger partial charge in [0.2, 0.25) is 0 Å². The van der Waals surface area contributed by atoms with E-state index in [2.05, 4.69) is 21.7 Å². The Kier molecular flexibility index (Phi) is 6.20. The number of halogens is 3. The van der Waals surface area contributed by atoms with E-state index in [-0.39, 0.29) is 15.8 Å². The minimum Gasteiger partial charge on any atom is -0.370 e. The van der Waals surface area contributed by atoms with Crippen LogP contribution in [0, 0.1) is 23.5 Å². The third kappa shape index (κ3) is 4.28. The molecule has 4 rings (SSSR count). The maximum absolute atomic E-state index is 15.0. The van der Waals surface area contributed by atoms with Crippen molar-refractivity contribution >= 4 is 43.8 Å². The SMILES string of the molecule is CN1CCC([C@@H]2CCN(c3cc(F)c(S(=O)(=O)Nc4nccs4)c(F)c3Cl)C2)CC1. The second-order valence-corrected chi connectivity index (χ2v) is 10.8. The fourth-order valence-electron chi connectivity index (χ4n) is 4.37. The molecule has 2 fully saturated rings. The molecule has 30 heavy (non-hydrogen) atoms. The van der Waals surface area contributed by atoms with Crippen molar-refractivity contribution in [2.24, 2.45) is 11.8 Å². The van der Waals surface area contributed by atoms with Crippen molar-refractivity contribution in [3.63, 3.8) is 0 Å². The van der Waals surface area contributed by atoms with Gasteiger partial charge >= 0.3 is 0 Å². The summed E-state index contributed by atoms with van der Waals surface area (Å²) in [4.78, 5) is 6.87. The third-order valence-electron chi connectivity index (χ3n) is 6.02. The first-order valence-corrected chi connectivity index (χ1v) is 12.5. The Morgan fingerprint density at radius 1 is 1.20 bits per heavy atom. The fraction of sp³-hybridized carbons (Fsp3) is 0.526. The predicted octanol–water partition coefficient (Wildman–Crippen LogP) is 4.04. The monoisotopic (exact) mass is 476 g/mol. The van der Waals surface area contributed by atoms with Crippen molar-refractivity contribution in [2.75, 3.05) is 42.8 Å². The molecule has 6 nitrogen and oxygen atoms in total. The lowest BCUT2D eigenvalue weighted by molar-refractivity contribution is 0.178. The normalized spacial score (nSPS) is 21.3. The maximum atomic E-state index is 15.0. The van der Waals surface area contributed by atoms with Gasteiger partial charge in [0.05, 0.1) is 5.69 Å². The molecule has 0 radical (unpaired) electrons. The second-order valence-electron chi connectivity index (χ2n) is 7.91. The van der Waals surface area contributed by atoms with Crippen LogP contribution in [-0.4, -0.2) is 51.5 Å². The minimum atomic E-state index is -4.50. The lowest BCUT2D eigenvalue weighted by Gasteiger charge is -2.32. The average Bonchev–Trinajstić information content (AvgIpc) is 3.37.